The first-order valence-corrected chi connectivity index (χ1v) is 6.12. The monoisotopic (exact) mass is 307 g/mol. The van der Waals surface area contributed by atoms with Gasteiger partial charge in [0.15, 0.2) is 0 Å². The normalized spacial score (nSPS) is 10.3. The van der Waals surface area contributed by atoms with Gasteiger partial charge in [0.05, 0.1) is 10.6 Å². The lowest BCUT2D eigenvalue weighted by Crippen LogP contribution is -2.31. The molecule has 1 amide bonds. The lowest BCUT2D eigenvalue weighted by atomic mass is 10.2. The molecule has 5 heteroatoms. The molecule has 0 aliphatic heterocycles. The molecule has 0 heterocycles. The topological polar surface area (TPSA) is 20.3 Å². The highest BCUT2D eigenvalue weighted by molar-refractivity contribution is 9.10. The molecule has 1 aromatic rings. The van der Waals surface area contributed by atoms with Crippen molar-refractivity contribution in [2.45, 2.75) is 13.8 Å². The molecule has 0 saturated carbocycles. The van der Waals surface area contributed by atoms with Crippen LogP contribution in [0.3, 0.4) is 0 Å². The lowest BCUT2D eigenvalue weighted by molar-refractivity contribution is 0.0768. The molecule has 0 saturated heterocycles. The minimum atomic E-state index is -0.601. The number of hydrogen-bond acceptors (Lipinski definition) is 1. The SMILES string of the molecule is CCN(CC)C(=O)c1c(F)cc(Br)cc1Cl. The number of rotatable bonds is 3. The first-order valence-electron chi connectivity index (χ1n) is 4.95. The minimum absolute atomic E-state index is 0.0615. The van der Waals surface area contributed by atoms with E-state index in [4.69, 9.17) is 11.6 Å². The zero-order chi connectivity index (χ0) is 12.3. The van der Waals surface area contributed by atoms with Crippen LogP contribution in [0.15, 0.2) is 16.6 Å². The number of hydrogen-bond donors (Lipinski definition) is 0. The van der Waals surface area contributed by atoms with Crippen LogP contribution in [-0.2, 0) is 0 Å². The summed E-state index contributed by atoms with van der Waals surface area (Å²) in [5.74, 6) is -0.976. The smallest absolute Gasteiger partial charge is 0.258 e. The van der Waals surface area contributed by atoms with Crippen LogP contribution in [-0.4, -0.2) is 23.9 Å². The van der Waals surface area contributed by atoms with Crippen molar-refractivity contribution in [2.75, 3.05) is 13.1 Å². The molecule has 0 spiro atoms. The molecular formula is C11H12BrClFNO. The van der Waals surface area contributed by atoms with E-state index in [0.29, 0.717) is 17.6 Å². The Morgan fingerprint density at radius 3 is 2.44 bits per heavy atom. The third-order valence-electron chi connectivity index (χ3n) is 2.27. The third kappa shape index (κ3) is 2.74. The zero-order valence-corrected chi connectivity index (χ0v) is 11.4. The van der Waals surface area contributed by atoms with E-state index in [9.17, 15) is 9.18 Å². The molecule has 0 bridgehead atoms. The standard InChI is InChI=1S/C11H12BrClFNO/c1-3-15(4-2)11(16)10-8(13)5-7(12)6-9(10)14/h5-6H,3-4H2,1-2H3. The van der Waals surface area contributed by atoms with Crippen molar-refractivity contribution >= 4 is 33.4 Å². The van der Waals surface area contributed by atoms with Gasteiger partial charge in [0, 0.05) is 17.6 Å². The van der Waals surface area contributed by atoms with Crippen molar-refractivity contribution in [3.8, 4) is 0 Å². The van der Waals surface area contributed by atoms with Crippen molar-refractivity contribution in [1.82, 2.24) is 4.90 Å². The molecule has 0 radical (unpaired) electrons. The molecule has 2 nitrogen and oxygen atoms in total. The summed E-state index contributed by atoms with van der Waals surface area (Å²) in [4.78, 5) is 13.5. The van der Waals surface area contributed by atoms with E-state index in [0.717, 1.165) is 0 Å². The molecule has 0 aromatic heterocycles. The summed E-state index contributed by atoms with van der Waals surface area (Å²) in [7, 11) is 0. The number of carbonyl (C=O) groups excluding carboxylic acids is 1. The average Bonchev–Trinajstić information content (AvgIpc) is 2.17. The van der Waals surface area contributed by atoms with Crippen molar-refractivity contribution in [3.63, 3.8) is 0 Å². The number of amides is 1. The fourth-order valence-corrected chi connectivity index (χ4v) is 2.27. The van der Waals surface area contributed by atoms with Crippen molar-refractivity contribution < 1.29 is 9.18 Å². The van der Waals surface area contributed by atoms with E-state index < -0.39 is 5.82 Å². The van der Waals surface area contributed by atoms with Gasteiger partial charge >= 0.3 is 0 Å². The number of halogens is 3. The van der Waals surface area contributed by atoms with Gasteiger partial charge in [-0.15, -0.1) is 0 Å². The van der Waals surface area contributed by atoms with Gasteiger partial charge in [0.25, 0.3) is 5.91 Å². The van der Waals surface area contributed by atoms with Gasteiger partial charge in [-0.25, -0.2) is 4.39 Å². The Bertz CT molecular complexity index is 384. The molecule has 16 heavy (non-hydrogen) atoms. The Morgan fingerprint density at radius 1 is 1.44 bits per heavy atom. The Kier molecular flexibility index (Phi) is 4.74. The van der Waals surface area contributed by atoms with Crippen molar-refractivity contribution in [3.05, 3.63) is 33.0 Å². The van der Waals surface area contributed by atoms with Crippen molar-refractivity contribution in [2.24, 2.45) is 0 Å². The Hall–Kier alpha value is -0.610. The summed E-state index contributed by atoms with van der Waals surface area (Å²) in [5, 5.41) is 0.128. The summed E-state index contributed by atoms with van der Waals surface area (Å²) in [6, 6.07) is 2.75. The zero-order valence-electron chi connectivity index (χ0n) is 9.06. The second-order valence-electron chi connectivity index (χ2n) is 3.22. The molecule has 1 aromatic carbocycles. The average molecular weight is 309 g/mol. The van der Waals surface area contributed by atoms with Gasteiger partial charge in [0.1, 0.15) is 5.82 Å². The highest BCUT2D eigenvalue weighted by atomic mass is 79.9. The minimum Gasteiger partial charge on any atom is -0.339 e. The van der Waals surface area contributed by atoms with E-state index in [2.05, 4.69) is 15.9 Å². The maximum absolute atomic E-state index is 13.6. The molecular weight excluding hydrogens is 296 g/mol. The molecule has 0 atom stereocenters. The van der Waals surface area contributed by atoms with Gasteiger partial charge in [-0.3, -0.25) is 4.79 Å². The molecule has 88 valence electrons. The van der Waals surface area contributed by atoms with Crippen LogP contribution in [0.2, 0.25) is 5.02 Å². The van der Waals surface area contributed by atoms with E-state index in [1.165, 1.54) is 17.0 Å². The summed E-state index contributed by atoms with van der Waals surface area (Å²) in [6.45, 7) is 4.74. The first-order chi connectivity index (χ1) is 7.51. The fraction of sp³-hybridized carbons (Fsp3) is 0.364. The summed E-state index contributed by atoms with van der Waals surface area (Å²) in [5.41, 5.74) is -0.0615. The number of nitrogens with zero attached hydrogens (tertiary/aromatic N) is 1. The van der Waals surface area contributed by atoms with Crippen LogP contribution >= 0.6 is 27.5 Å². The van der Waals surface area contributed by atoms with Gasteiger partial charge in [-0.1, -0.05) is 27.5 Å². The molecule has 0 N–H and O–H groups in total. The van der Waals surface area contributed by atoms with E-state index in [-0.39, 0.29) is 16.5 Å². The van der Waals surface area contributed by atoms with Crippen LogP contribution in [0.4, 0.5) is 4.39 Å². The van der Waals surface area contributed by atoms with Gasteiger partial charge in [-0.2, -0.15) is 0 Å². The number of benzene rings is 1. The highest BCUT2D eigenvalue weighted by Gasteiger charge is 2.20. The van der Waals surface area contributed by atoms with E-state index in [1.54, 1.807) is 0 Å². The van der Waals surface area contributed by atoms with Crippen LogP contribution in [0.25, 0.3) is 0 Å². The third-order valence-corrected chi connectivity index (χ3v) is 3.03. The number of carbonyl (C=O) groups is 1. The second kappa shape index (κ2) is 5.64. The molecule has 0 aliphatic carbocycles. The fourth-order valence-electron chi connectivity index (χ4n) is 1.42. The molecule has 0 aliphatic rings. The summed E-state index contributed by atoms with van der Waals surface area (Å²) < 4.78 is 14.2. The molecule has 0 unspecified atom stereocenters. The first kappa shape index (κ1) is 13.5. The van der Waals surface area contributed by atoms with Crippen LogP contribution in [0.5, 0.6) is 0 Å². The lowest BCUT2D eigenvalue weighted by Gasteiger charge is -2.19. The Labute approximate surface area is 108 Å². The highest BCUT2D eigenvalue weighted by Crippen LogP contribution is 2.25. The van der Waals surface area contributed by atoms with Crippen LogP contribution in [0, 0.1) is 5.82 Å². The quantitative estimate of drug-likeness (QED) is 0.833. The maximum atomic E-state index is 13.6. The molecule has 0 fully saturated rings. The summed E-state index contributed by atoms with van der Waals surface area (Å²) >= 11 is 8.99. The summed E-state index contributed by atoms with van der Waals surface area (Å²) in [6.07, 6.45) is 0. The predicted octanol–water partition coefficient (Wildman–Crippen LogP) is 3.72. The Balaban J connectivity index is 3.18. The van der Waals surface area contributed by atoms with Gasteiger partial charge in [-0.05, 0) is 26.0 Å². The maximum Gasteiger partial charge on any atom is 0.258 e. The largest absolute Gasteiger partial charge is 0.339 e. The van der Waals surface area contributed by atoms with E-state index in [1.807, 2.05) is 13.8 Å². The van der Waals surface area contributed by atoms with Crippen molar-refractivity contribution in [1.29, 1.82) is 0 Å². The Morgan fingerprint density at radius 2 is 2.00 bits per heavy atom. The van der Waals surface area contributed by atoms with Crippen LogP contribution < -0.4 is 0 Å². The molecule has 1 rings (SSSR count). The van der Waals surface area contributed by atoms with Gasteiger partial charge in [0.2, 0.25) is 0 Å². The second-order valence-corrected chi connectivity index (χ2v) is 4.54. The predicted molar refractivity (Wildman–Crippen MR) is 66.4 cm³/mol. The van der Waals surface area contributed by atoms with E-state index >= 15 is 0 Å². The van der Waals surface area contributed by atoms with Crippen LogP contribution in [0.1, 0.15) is 24.2 Å². The van der Waals surface area contributed by atoms with Gasteiger partial charge < -0.3 is 4.90 Å².